The van der Waals surface area contributed by atoms with Crippen molar-refractivity contribution in [3.8, 4) is 11.4 Å². The van der Waals surface area contributed by atoms with E-state index in [2.05, 4.69) is 27.8 Å². The van der Waals surface area contributed by atoms with Crippen molar-refractivity contribution in [2.75, 3.05) is 17.8 Å². The van der Waals surface area contributed by atoms with E-state index in [0.717, 1.165) is 47.3 Å². The monoisotopic (exact) mass is 274 g/mol. The largest absolute Gasteiger partial charge is 0.353 e. The number of nitrogens with zero attached hydrogens (tertiary/aromatic N) is 3. The maximum absolute atomic E-state index is 5.97. The molecule has 1 unspecified atom stereocenters. The Balaban J connectivity index is 1.88. The number of aromatic nitrogens is 3. The molecule has 1 atom stereocenters. The van der Waals surface area contributed by atoms with Crippen molar-refractivity contribution < 1.29 is 4.74 Å². The van der Waals surface area contributed by atoms with E-state index in [1.165, 1.54) is 0 Å². The number of rotatable bonds is 0. The van der Waals surface area contributed by atoms with Gasteiger partial charge in [-0.15, -0.1) is 10.2 Å². The average molecular weight is 274 g/mol. The van der Waals surface area contributed by atoms with E-state index in [1.54, 1.807) is 11.8 Å². The van der Waals surface area contributed by atoms with E-state index >= 15 is 0 Å². The molecule has 2 aromatic rings. The molecule has 2 bridgehead atoms. The summed E-state index contributed by atoms with van der Waals surface area (Å²) in [7, 11) is 0. The Morgan fingerprint density at radius 3 is 3.21 bits per heavy atom. The Kier molecular flexibility index (Phi) is 2.70. The van der Waals surface area contributed by atoms with Crippen LogP contribution in [0.2, 0.25) is 0 Å². The van der Waals surface area contributed by atoms with E-state index in [-0.39, 0.29) is 6.23 Å². The topological polar surface area (TPSA) is 52.0 Å². The molecule has 1 aromatic carbocycles. The summed E-state index contributed by atoms with van der Waals surface area (Å²) in [6.45, 7) is 0.777. The maximum Gasteiger partial charge on any atom is 0.210 e. The molecule has 19 heavy (non-hydrogen) atoms. The maximum atomic E-state index is 5.97. The van der Waals surface area contributed by atoms with Crippen LogP contribution in [0.25, 0.3) is 11.4 Å². The minimum atomic E-state index is -0.114. The third kappa shape index (κ3) is 1.82. The molecule has 6 heteroatoms. The van der Waals surface area contributed by atoms with Gasteiger partial charge in [0.2, 0.25) is 5.16 Å². The Morgan fingerprint density at radius 2 is 2.21 bits per heavy atom. The lowest BCUT2D eigenvalue weighted by Crippen LogP contribution is -2.30. The third-order valence-corrected chi connectivity index (χ3v) is 4.43. The smallest absolute Gasteiger partial charge is 0.210 e. The van der Waals surface area contributed by atoms with Crippen molar-refractivity contribution in [1.29, 1.82) is 0 Å². The first-order valence-electron chi connectivity index (χ1n) is 6.49. The number of nitrogens with one attached hydrogen (secondary N) is 1. The second kappa shape index (κ2) is 4.54. The molecular weight excluding hydrogens is 260 g/mol. The van der Waals surface area contributed by atoms with Gasteiger partial charge in [-0.05, 0) is 12.8 Å². The molecule has 4 rings (SSSR count). The summed E-state index contributed by atoms with van der Waals surface area (Å²) in [5, 5.41) is 9.52. The zero-order valence-electron chi connectivity index (χ0n) is 10.4. The fraction of sp³-hybridized carbons (Fsp3) is 0.385. The first kappa shape index (κ1) is 11.3. The van der Waals surface area contributed by atoms with Crippen molar-refractivity contribution in [1.82, 2.24) is 14.9 Å². The number of hydrogen-bond acceptors (Lipinski definition) is 5. The Morgan fingerprint density at radius 1 is 1.26 bits per heavy atom. The van der Waals surface area contributed by atoms with Gasteiger partial charge in [-0.25, -0.2) is 4.68 Å². The van der Waals surface area contributed by atoms with Gasteiger partial charge in [0.05, 0.1) is 0 Å². The van der Waals surface area contributed by atoms with Crippen LogP contribution in [0.1, 0.15) is 24.6 Å². The minimum Gasteiger partial charge on any atom is -0.353 e. The summed E-state index contributed by atoms with van der Waals surface area (Å²) < 4.78 is 7.93. The predicted molar refractivity (Wildman–Crippen MR) is 73.5 cm³/mol. The van der Waals surface area contributed by atoms with Crippen LogP contribution in [0.3, 0.4) is 0 Å². The van der Waals surface area contributed by atoms with Crippen molar-refractivity contribution in [2.45, 2.75) is 24.2 Å². The quantitative estimate of drug-likeness (QED) is 0.799. The second-order valence-corrected chi connectivity index (χ2v) is 5.73. The molecule has 0 aliphatic carbocycles. The van der Waals surface area contributed by atoms with Gasteiger partial charge in [-0.2, -0.15) is 0 Å². The molecule has 98 valence electrons. The van der Waals surface area contributed by atoms with Crippen molar-refractivity contribution >= 4 is 11.8 Å². The van der Waals surface area contributed by atoms with Crippen LogP contribution >= 0.6 is 11.8 Å². The normalized spacial score (nSPS) is 21.4. The highest BCUT2D eigenvalue weighted by molar-refractivity contribution is 7.99. The van der Waals surface area contributed by atoms with Crippen LogP contribution in [0.4, 0.5) is 0 Å². The van der Waals surface area contributed by atoms with Gasteiger partial charge in [0.15, 0.2) is 12.1 Å². The molecule has 0 spiro atoms. The van der Waals surface area contributed by atoms with E-state index in [1.807, 2.05) is 16.8 Å². The SMILES string of the molecule is c1ccc2c(c1)-c1nnc3n1NC2OCCCCS3. The van der Waals surface area contributed by atoms with Crippen LogP contribution in [-0.2, 0) is 4.74 Å². The number of fused-ring (bicyclic) bond motifs is 4. The molecule has 0 radical (unpaired) electrons. The highest BCUT2D eigenvalue weighted by Gasteiger charge is 2.28. The number of benzene rings is 1. The molecule has 0 saturated heterocycles. The molecule has 2 aliphatic heterocycles. The Hall–Kier alpha value is -1.53. The summed E-state index contributed by atoms with van der Waals surface area (Å²) in [5.74, 6) is 1.92. The number of hydrogen-bond donors (Lipinski definition) is 1. The zero-order valence-corrected chi connectivity index (χ0v) is 11.2. The molecule has 5 nitrogen and oxygen atoms in total. The van der Waals surface area contributed by atoms with Gasteiger partial charge in [-0.1, -0.05) is 36.0 Å². The lowest BCUT2D eigenvalue weighted by Gasteiger charge is -2.29. The lowest BCUT2D eigenvalue weighted by molar-refractivity contribution is 0.0583. The molecule has 3 heterocycles. The van der Waals surface area contributed by atoms with Crippen LogP contribution in [0, 0.1) is 0 Å². The molecule has 2 aliphatic rings. The van der Waals surface area contributed by atoms with Crippen LogP contribution in [0.5, 0.6) is 0 Å². The van der Waals surface area contributed by atoms with E-state index in [4.69, 9.17) is 4.74 Å². The standard InChI is InChI=1S/C13H14N4OS/c1-2-6-10-9(5-1)11-14-15-13-17(11)16-12(10)18-7-3-4-8-19-13/h1-2,5-6,12,16H,3-4,7-8H2. The zero-order chi connectivity index (χ0) is 12.7. The molecule has 0 amide bonds. The molecular formula is C13H14N4OS. The van der Waals surface area contributed by atoms with Gasteiger partial charge in [-0.3, -0.25) is 5.43 Å². The average Bonchev–Trinajstić information content (AvgIpc) is 2.87. The fourth-order valence-corrected chi connectivity index (χ4v) is 3.36. The van der Waals surface area contributed by atoms with Crippen LogP contribution in [-0.4, -0.2) is 27.2 Å². The third-order valence-electron chi connectivity index (χ3n) is 3.42. The first-order chi connectivity index (χ1) is 9.43. The lowest BCUT2D eigenvalue weighted by atomic mass is 10.0. The highest BCUT2D eigenvalue weighted by Crippen LogP contribution is 2.35. The van der Waals surface area contributed by atoms with E-state index < -0.39 is 0 Å². The van der Waals surface area contributed by atoms with E-state index in [9.17, 15) is 0 Å². The van der Waals surface area contributed by atoms with Gasteiger partial charge >= 0.3 is 0 Å². The Labute approximate surface area is 115 Å². The molecule has 0 saturated carbocycles. The number of thioether (sulfide) groups is 1. The van der Waals surface area contributed by atoms with Gasteiger partial charge in [0, 0.05) is 23.5 Å². The summed E-state index contributed by atoms with van der Waals surface area (Å²) in [4.78, 5) is 0. The summed E-state index contributed by atoms with van der Waals surface area (Å²) >= 11 is 1.75. The first-order valence-corrected chi connectivity index (χ1v) is 7.48. The second-order valence-electron chi connectivity index (χ2n) is 4.66. The van der Waals surface area contributed by atoms with E-state index in [0.29, 0.717) is 0 Å². The van der Waals surface area contributed by atoms with Crippen LogP contribution < -0.4 is 5.43 Å². The molecule has 1 N–H and O–H groups in total. The van der Waals surface area contributed by atoms with Crippen molar-refractivity contribution in [3.63, 3.8) is 0 Å². The number of ether oxygens (including phenoxy) is 1. The summed E-state index contributed by atoms with van der Waals surface area (Å²) in [6, 6.07) is 8.22. The molecule has 0 fully saturated rings. The van der Waals surface area contributed by atoms with Gasteiger partial charge in [0.25, 0.3) is 0 Å². The fourth-order valence-electron chi connectivity index (χ4n) is 2.47. The summed E-state index contributed by atoms with van der Waals surface area (Å²) in [6.07, 6.45) is 2.10. The van der Waals surface area contributed by atoms with Crippen LogP contribution in [0.15, 0.2) is 29.4 Å². The van der Waals surface area contributed by atoms with Crippen molar-refractivity contribution in [2.24, 2.45) is 0 Å². The van der Waals surface area contributed by atoms with Gasteiger partial charge in [0.1, 0.15) is 0 Å². The summed E-state index contributed by atoms with van der Waals surface area (Å²) in [5.41, 5.74) is 5.61. The van der Waals surface area contributed by atoms with Crippen molar-refractivity contribution in [3.05, 3.63) is 29.8 Å². The highest BCUT2D eigenvalue weighted by atomic mass is 32.2. The van der Waals surface area contributed by atoms with Gasteiger partial charge < -0.3 is 4.74 Å². The predicted octanol–water partition coefficient (Wildman–Crippen LogP) is 2.40. The minimum absolute atomic E-state index is 0.114. The molecule has 1 aromatic heterocycles. The Bertz CT molecular complexity index is 612.